The molecule has 42 heavy (non-hydrogen) atoms. The molecule has 0 bridgehead atoms. The SMILES string of the molecule is CC1=CC(C)=C(CN2CCc3c(c(C)c4c(c3-c3ccc(F)nc3)O[C@@](C)(C3CCC(N(C)C)CC3)O4)C2=O)C(=O)C1. The number of ketones is 1. The van der Waals surface area contributed by atoms with Crippen molar-refractivity contribution in [3.05, 3.63) is 63.8 Å². The topological polar surface area (TPSA) is 72.0 Å². The molecule has 0 spiro atoms. The Morgan fingerprint density at radius 3 is 2.40 bits per heavy atom. The Morgan fingerprint density at radius 2 is 1.76 bits per heavy atom. The summed E-state index contributed by atoms with van der Waals surface area (Å²) < 4.78 is 27.4. The van der Waals surface area contributed by atoms with Crippen LogP contribution in [0.15, 0.2) is 41.1 Å². The Bertz CT molecular complexity index is 1520. The van der Waals surface area contributed by atoms with Crippen LogP contribution in [0, 0.1) is 18.8 Å². The van der Waals surface area contributed by atoms with Gasteiger partial charge in [0, 0.05) is 66.9 Å². The molecule has 1 aromatic carbocycles. The van der Waals surface area contributed by atoms with Crippen LogP contribution < -0.4 is 9.47 Å². The number of Topliss-reactive ketones (excluding diaryl/α,β-unsaturated/α-hetero) is 1. The zero-order chi connectivity index (χ0) is 29.9. The zero-order valence-corrected chi connectivity index (χ0v) is 25.5. The van der Waals surface area contributed by atoms with Crippen molar-refractivity contribution in [2.75, 3.05) is 27.2 Å². The van der Waals surface area contributed by atoms with E-state index in [-0.39, 0.29) is 24.2 Å². The summed E-state index contributed by atoms with van der Waals surface area (Å²) in [4.78, 5) is 35.1. The molecular weight excluding hydrogens is 533 g/mol. The largest absolute Gasteiger partial charge is 0.448 e. The summed E-state index contributed by atoms with van der Waals surface area (Å²) in [5.41, 5.74) is 6.28. The van der Waals surface area contributed by atoms with Crippen molar-refractivity contribution in [3.8, 4) is 22.6 Å². The number of fused-ring (bicyclic) bond motifs is 2. The lowest BCUT2D eigenvalue weighted by molar-refractivity contribution is -0.123. The average molecular weight is 574 g/mol. The molecule has 1 fully saturated rings. The second kappa shape index (κ2) is 10.6. The molecule has 1 amide bonds. The van der Waals surface area contributed by atoms with E-state index in [2.05, 4.69) is 24.0 Å². The van der Waals surface area contributed by atoms with Gasteiger partial charge in [0.15, 0.2) is 17.3 Å². The number of amides is 1. The molecular formula is C34H40FN3O4. The number of nitrogens with zero attached hydrogens (tertiary/aromatic N) is 3. The Kier molecular flexibility index (Phi) is 7.24. The minimum Gasteiger partial charge on any atom is -0.448 e. The van der Waals surface area contributed by atoms with Crippen LogP contribution in [-0.4, -0.2) is 65.5 Å². The maximum atomic E-state index is 14.2. The van der Waals surface area contributed by atoms with Crippen LogP contribution in [-0.2, 0) is 11.2 Å². The number of aromatic nitrogens is 1. The Labute approximate surface area is 247 Å². The van der Waals surface area contributed by atoms with E-state index in [9.17, 15) is 14.0 Å². The maximum Gasteiger partial charge on any atom is 0.254 e. The van der Waals surface area contributed by atoms with E-state index in [0.29, 0.717) is 53.6 Å². The third-order valence-corrected chi connectivity index (χ3v) is 9.74. The summed E-state index contributed by atoms with van der Waals surface area (Å²) in [6.07, 6.45) is 8.58. The van der Waals surface area contributed by atoms with Crippen molar-refractivity contribution in [2.24, 2.45) is 5.92 Å². The van der Waals surface area contributed by atoms with Gasteiger partial charge in [-0.05, 0) is 90.2 Å². The third kappa shape index (κ3) is 4.83. The van der Waals surface area contributed by atoms with Gasteiger partial charge >= 0.3 is 0 Å². The number of carbonyl (C=O) groups is 2. The van der Waals surface area contributed by atoms with Crippen LogP contribution in [0.1, 0.15) is 74.4 Å². The predicted octanol–water partition coefficient (Wildman–Crippen LogP) is 6.04. The van der Waals surface area contributed by atoms with Crippen LogP contribution in [0.5, 0.6) is 11.5 Å². The first-order chi connectivity index (χ1) is 20.0. The summed E-state index contributed by atoms with van der Waals surface area (Å²) >= 11 is 0. The van der Waals surface area contributed by atoms with Gasteiger partial charge in [-0.1, -0.05) is 11.6 Å². The van der Waals surface area contributed by atoms with Gasteiger partial charge in [-0.25, -0.2) is 4.98 Å². The van der Waals surface area contributed by atoms with Crippen molar-refractivity contribution in [1.29, 1.82) is 0 Å². The number of hydrogen-bond donors (Lipinski definition) is 0. The Balaban J connectivity index is 1.40. The molecule has 1 atom stereocenters. The Hall–Kier alpha value is -3.52. The van der Waals surface area contributed by atoms with Crippen molar-refractivity contribution in [1.82, 2.24) is 14.8 Å². The third-order valence-electron chi connectivity index (χ3n) is 9.74. The highest BCUT2D eigenvalue weighted by Crippen LogP contribution is 2.55. The fourth-order valence-electron chi connectivity index (χ4n) is 7.33. The van der Waals surface area contributed by atoms with Crippen molar-refractivity contribution >= 4 is 11.7 Å². The van der Waals surface area contributed by atoms with Gasteiger partial charge in [-0.3, -0.25) is 9.59 Å². The molecule has 0 N–H and O–H groups in total. The van der Waals surface area contributed by atoms with Gasteiger partial charge in [0.1, 0.15) is 0 Å². The summed E-state index contributed by atoms with van der Waals surface area (Å²) in [7, 11) is 4.25. The summed E-state index contributed by atoms with van der Waals surface area (Å²) in [6, 6.07) is 3.57. The molecule has 1 saturated carbocycles. The van der Waals surface area contributed by atoms with Gasteiger partial charge < -0.3 is 19.3 Å². The van der Waals surface area contributed by atoms with Crippen molar-refractivity contribution < 1.29 is 23.5 Å². The highest BCUT2D eigenvalue weighted by atomic mass is 19.1. The molecule has 222 valence electrons. The molecule has 0 radical (unpaired) electrons. The number of benzene rings is 1. The fraction of sp³-hybridized carbons (Fsp3) is 0.500. The Morgan fingerprint density at radius 1 is 1.05 bits per heavy atom. The van der Waals surface area contributed by atoms with E-state index in [1.165, 1.54) is 12.3 Å². The normalized spacial score (nSPS) is 25.7. The molecule has 0 saturated heterocycles. The lowest BCUT2D eigenvalue weighted by Crippen LogP contribution is -2.46. The zero-order valence-electron chi connectivity index (χ0n) is 25.5. The van der Waals surface area contributed by atoms with Crippen LogP contribution >= 0.6 is 0 Å². The number of hydrogen-bond acceptors (Lipinski definition) is 6. The maximum absolute atomic E-state index is 14.2. The number of halogens is 1. The van der Waals surface area contributed by atoms with Crippen LogP contribution in [0.25, 0.3) is 11.1 Å². The van der Waals surface area contributed by atoms with E-state index >= 15 is 0 Å². The van der Waals surface area contributed by atoms with Gasteiger partial charge in [0.05, 0.1) is 5.56 Å². The molecule has 2 aromatic rings. The molecule has 7 nitrogen and oxygen atoms in total. The molecule has 0 unspecified atom stereocenters. The van der Waals surface area contributed by atoms with Crippen LogP contribution in [0.2, 0.25) is 0 Å². The van der Waals surface area contributed by atoms with E-state index in [4.69, 9.17) is 9.47 Å². The molecule has 2 aliphatic heterocycles. The van der Waals surface area contributed by atoms with Gasteiger partial charge in [-0.2, -0.15) is 4.39 Å². The molecule has 6 rings (SSSR count). The van der Waals surface area contributed by atoms with Crippen molar-refractivity contribution in [3.63, 3.8) is 0 Å². The predicted molar refractivity (Wildman–Crippen MR) is 159 cm³/mol. The average Bonchev–Trinajstić information content (AvgIpc) is 3.31. The number of pyridine rings is 1. The highest BCUT2D eigenvalue weighted by molar-refractivity contribution is 6.04. The van der Waals surface area contributed by atoms with E-state index < -0.39 is 11.7 Å². The molecule has 8 heteroatoms. The second-order valence-corrected chi connectivity index (χ2v) is 12.8. The lowest BCUT2D eigenvalue weighted by Gasteiger charge is -2.39. The van der Waals surface area contributed by atoms with Crippen LogP contribution in [0.3, 0.4) is 0 Å². The first-order valence-electron chi connectivity index (χ1n) is 15.0. The molecule has 2 aliphatic carbocycles. The van der Waals surface area contributed by atoms with E-state index in [1.54, 1.807) is 11.0 Å². The summed E-state index contributed by atoms with van der Waals surface area (Å²) in [5, 5.41) is 0. The quantitative estimate of drug-likeness (QED) is 0.407. The standard InChI is InChI=1S/C34H40FN3O4/c1-19-15-20(2)26(27(39)16-19)18-38-14-13-25-29(33(38)40)21(3)31-32(30(25)22-7-12-28(35)36-17-22)42-34(4,41-31)23-8-10-24(11-9-23)37(5)6/h7,12,15,17,23-24H,8-11,13-14,16,18H2,1-6H3/t23?,24?,34-/m0/s1. The first-order valence-corrected chi connectivity index (χ1v) is 15.0. The first kappa shape index (κ1) is 28.6. The number of carbonyl (C=O) groups excluding carboxylic acids is 2. The molecule has 3 heterocycles. The lowest BCUT2D eigenvalue weighted by atomic mass is 9.81. The van der Waals surface area contributed by atoms with Crippen molar-refractivity contribution in [2.45, 2.75) is 78.0 Å². The van der Waals surface area contributed by atoms with Gasteiger partial charge in [-0.15, -0.1) is 0 Å². The smallest absolute Gasteiger partial charge is 0.254 e. The van der Waals surface area contributed by atoms with Crippen LogP contribution in [0.4, 0.5) is 4.39 Å². The van der Waals surface area contributed by atoms with Gasteiger partial charge in [0.2, 0.25) is 5.95 Å². The highest BCUT2D eigenvalue weighted by Gasteiger charge is 2.49. The monoisotopic (exact) mass is 573 g/mol. The second-order valence-electron chi connectivity index (χ2n) is 12.8. The number of allylic oxidation sites excluding steroid dienone is 3. The fourth-order valence-corrected chi connectivity index (χ4v) is 7.33. The summed E-state index contributed by atoms with van der Waals surface area (Å²) in [5.74, 6) is -0.124. The molecule has 1 aromatic heterocycles. The molecule has 4 aliphatic rings. The number of rotatable bonds is 5. The number of ether oxygens (including phenoxy) is 2. The van der Waals surface area contributed by atoms with E-state index in [1.807, 2.05) is 33.8 Å². The van der Waals surface area contributed by atoms with E-state index in [0.717, 1.165) is 53.5 Å². The minimum atomic E-state index is -0.875. The van der Waals surface area contributed by atoms with Gasteiger partial charge in [0.25, 0.3) is 11.7 Å². The summed E-state index contributed by atoms with van der Waals surface area (Å²) in [6.45, 7) is 8.57. The minimum absolute atomic E-state index is 0.0753.